The lowest BCUT2D eigenvalue weighted by Gasteiger charge is -2.06. The van der Waals surface area contributed by atoms with Gasteiger partial charge >= 0.3 is 0 Å². The van der Waals surface area contributed by atoms with Gasteiger partial charge in [-0.1, -0.05) is 18.2 Å². The molecule has 2 nitrogen and oxygen atoms in total. The summed E-state index contributed by atoms with van der Waals surface area (Å²) in [5.41, 5.74) is 1.33. The zero-order valence-electron chi connectivity index (χ0n) is 9.02. The Morgan fingerprint density at radius 2 is 2.19 bits per heavy atom. The van der Waals surface area contributed by atoms with E-state index < -0.39 is 18.4 Å². The minimum Gasteiger partial charge on any atom is -0.349 e. The molecule has 0 aliphatic rings. The summed E-state index contributed by atoms with van der Waals surface area (Å²) in [6, 6.07) is 4.16. The van der Waals surface area contributed by atoms with E-state index in [0.29, 0.717) is 5.56 Å². The summed E-state index contributed by atoms with van der Waals surface area (Å²) in [6.45, 7) is 4.68. The van der Waals surface area contributed by atoms with Crippen LogP contribution in [-0.2, 0) is 0 Å². The maximum absolute atomic E-state index is 13.3. The fourth-order valence-corrected chi connectivity index (χ4v) is 1.22. The number of halogens is 2. The molecule has 0 atom stereocenters. The molecule has 0 aliphatic carbocycles. The van der Waals surface area contributed by atoms with Crippen molar-refractivity contribution in [1.82, 2.24) is 5.32 Å². The smallest absolute Gasteiger partial charge is 0.254 e. The van der Waals surface area contributed by atoms with Crippen LogP contribution in [0.3, 0.4) is 0 Å². The summed E-state index contributed by atoms with van der Waals surface area (Å²) in [5.74, 6) is -1.24. The molecule has 0 fully saturated rings. The van der Waals surface area contributed by atoms with Gasteiger partial charge in [-0.3, -0.25) is 4.79 Å². The molecule has 0 aromatic heterocycles. The molecule has 0 saturated carbocycles. The number of hydrogen-bond donors (Lipinski definition) is 1. The number of rotatable bonds is 4. The average Bonchev–Trinajstić information content (AvgIpc) is 2.26. The fourth-order valence-electron chi connectivity index (χ4n) is 1.22. The van der Waals surface area contributed by atoms with Gasteiger partial charge in [-0.15, -0.1) is 0 Å². The Morgan fingerprint density at radius 1 is 1.50 bits per heavy atom. The predicted octanol–water partition coefficient (Wildman–Crippen LogP) is 2.56. The first kappa shape index (κ1) is 12.4. The lowest BCUT2D eigenvalue weighted by atomic mass is 10.0. The van der Waals surface area contributed by atoms with Gasteiger partial charge in [-0.25, -0.2) is 8.78 Å². The standard InChI is InChI=1S/C12H13F2NO/c1-8(2)9-3-4-11(14)10(7-9)12(16)15-6-5-13/h3-4,7H,1,5-6H2,2H3,(H,15,16). The van der Waals surface area contributed by atoms with E-state index in [1.54, 1.807) is 13.0 Å². The Balaban J connectivity index is 2.97. The van der Waals surface area contributed by atoms with Crippen LogP contribution >= 0.6 is 0 Å². The van der Waals surface area contributed by atoms with Crippen LogP contribution in [0.1, 0.15) is 22.8 Å². The number of allylic oxidation sites excluding steroid dienone is 1. The second kappa shape index (κ2) is 5.39. The van der Waals surface area contributed by atoms with Crippen molar-refractivity contribution in [2.45, 2.75) is 6.92 Å². The van der Waals surface area contributed by atoms with Crippen molar-refractivity contribution in [3.05, 3.63) is 41.7 Å². The molecule has 86 valence electrons. The van der Waals surface area contributed by atoms with E-state index in [4.69, 9.17) is 0 Å². The van der Waals surface area contributed by atoms with E-state index in [1.165, 1.54) is 12.1 Å². The quantitative estimate of drug-likeness (QED) is 0.838. The third-order valence-electron chi connectivity index (χ3n) is 2.08. The number of benzene rings is 1. The van der Waals surface area contributed by atoms with Crippen LogP contribution < -0.4 is 5.32 Å². The summed E-state index contributed by atoms with van der Waals surface area (Å²) in [5, 5.41) is 2.27. The summed E-state index contributed by atoms with van der Waals surface area (Å²) in [6.07, 6.45) is 0. The Hall–Kier alpha value is -1.71. The molecule has 1 amide bonds. The Bertz CT molecular complexity index is 415. The molecular formula is C12H13F2NO. The molecule has 4 heteroatoms. The highest BCUT2D eigenvalue weighted by atomic mass is 19.1. The van der Waals surface area contributed by atoms with E-state index in [9.17, 15) is 13.6 Å². The van der Waals surface area contributed by atoms with Crippen molar-refractivity contribution < 1.29 is 13.6 Å². The maximum Gasteiger partial charge on any atom is 0.254 e. The molecule has 0 aliphatic heterocycles. The zero-order valence-corrected chi connectivity index (χ0v) is 9.02. The first-order chi connectivity index (χ1) is 7.56. The molecule has 0 saturated heterocycles. The molecule has 1 N–H and O–H groups in total. The Labute approximate surface area is 93.0 Å². The van der Waals surface area contributed by atoms with Gasteiger partial charge in [0.1, 0.15) is 12.5 Å². The van der Waals surface area contributed by atoms with E-state index in [0.717, 1.165) is 5.57 Å². The number of hydrogen-bond acceptors (Lipinski definition) is 1. The van der Waals surface area contributed by atoms with Gasteiger partial charge in [0.25, 0.3) is 5.91 Å². The van der Waals surface area contributed by atoms with Gasteiger partial charge in [-0.2, -0.15) is 0 Å². The highest BCUT2D eigenvalue weighted by Crippen LogP contribution is 2.16. The van der Waals surface area contributed by atoms with Crippen molar-refractivity contribution in [3.63, 3.8) is 0 Å². The largest absolute Gasteiger partial charge is 0.349 e. The van der Waals surface area contributed by atoms with Crippen LogP contribution in [0, 0.1) is 5.82 Å². The molecule has 0 radical (unpaired) electrons. The van der Waals surface area contributed by atoms with Gasteiger partial charge < -0.3 is 5.32 Å². The number of amides is 1. The first-order valence-corrected chi connectivity index (χ1v) is 4.86. The SMILES string of the molecule is C=C(C)c1ccc(F)c(C(=O)NCCF)c1. The second-order valence-corrected chi connectivity index (χ2v) is 3.42. The van der Waals surface area contributed by atoms with E-state index in [-0.39, 0.29) is 12.1 Å². The van der Waals surface area contributed by atoms with Crippen LogP contribution in [0.2, 0.25) is 0 Å². The van der Waals surface area contributed by atoms with Gasteiger partial charge in [0.15, 0.2) is 0 Å². The number of alkyl halides is 1. The summed E-state index contributed by atoms with van der Waals surface area (Å²) in [4.78, 5) is 11.5. The van der Waals surface area contributed by atoms with Gasteiger partial charge in [0.2, 0.25) is 0 Å². The van der Waals surface area contributed by atoms with Crippen molar-refractivity contribution in [1.29, 1.82) is 0 Å². The van der Waals surface area contributed by atoms with Crippen LogP contribution in [0.4, 0.5) is 8.78 Å². The fraction of sp³-hybridized carbons (Fsp3) is 0.250. The lowest BCUT2D eigenvalue weighted by molar-refractivity contribution is 0.0947. The van der Waals surface area contributed by atoms with Crippen LogP contribution in [0.5, 0.6) is 0 Å². The van der Waals surface area contributed by atoms with Crippen molar-refractivity contribution in [2.24, 2.45) is 0 Å². The highest BCUT2D eigenvalue weighted by Gasteiger charge is 2.12. The Kier molecular flexibility index (Phi) is 4.17. The summed E-state index contributed by atoms with van der Waals surface area (Å²) in [7, 11) is 0. The third-order valence-corrected chi connectivity index (χ3v) is 2.08. The topological polar surface area (TPSA) is 29.1 Å². The van der Waals surface area contributed by atoms with E-state index in [1.807, 2.05) is 0 Å². The van der Waals surface area contributed by atoms with Crippen LogP contribution in [0.15, 0.2) is 24.8 Å². The number of carbonyl (C=O) groups excluding carboxylic acids is 1. The average molecular weight is 225 g/mol. The first-order valence-electron chi connectivity index (χ1n) is 4.86. The molecule has 0 spiro atoms. The van der Waals surface area contributed by atoms with Crippen LogP contribution in [0.25, 0.3) is 5.57 Å². The monoisotopic (exact) mass is 225 g/mol. The summed E-state index contributed by atoms with van der Waals surface area (Å²) >= 11 is 0. The molecule has 0 heterocycles. The van der Waals surface area contributed by atoms with E-state index >= 15 is 0 Å². The lowest BCUT2D eigenvalue weighted by Crippen LogP contribution is -2.26. The van der Waals surface area contributed by atoms with Gasteiger partial charge in [-0.05, 0) is 24.6 Å². The molecule has 1 aromatic rings. The Morgan fingerprint density at radius 3 is 2.75 bits per heavy atom. The maximum atomic E-state index is 13.3. The summed E-state index contributed by atoms with van der Waals surface area (Å²) < 4.78 is 25.2. The normalized spacial score (nSPS) is 9.94. The minimum atomic E-state index is -0.673. The number of nitrogens with one attached hydrogen (secondary N) is 1. The molecule has 0 unspecified atom stereocenters. The van der Waals surface area contributed by atoms with Crippen molar-refractivity contribution in [2.75, 3.05) is 13.2 Å². The van der Waals surface area contributed by atoms with Gasteiger partial charge in [0.05, 0.1) is 5.56 Å². The second-order valence-electron chi connectivity index (χ2n) is 3.42. The minimum absolute atomic E-state index is 0.0889. The highest BCUT2D eigenvalue weighted by molar-refractivity contribution is 5.95. The molecule has 0 bridgehead atoms. The van der Waals surface area contributed by atoms with Crippen molar-refractivity contribution in [3.8, 4) is 0 Å². The molecule has 16 heavy (non-hydrogen) atoms. The van der Waals surface area contributed by atoms with Crippen LogP contribution in [-0.4, -0.2) is 19.1 Å². The molecule has 1 rings (SSSR count). The molecule has 1 aromatic carbocycles. The third kappa shape index (κ3) is 2.89. The van der Waals surface area contributed by atoms with Crippen molar-refractivity contribution >= 4 is 11.5 Å². The predicted molar refractivity (Wildman–Crippen MR) is 59.4 cm³/mol. The van der Waals surface area contributed by atoms with Gasteiger partial charge in [0, 0.05) is 6.54 Å². The molecular weight excluding hydrogens is 212 g/mol. The zero-order chi connectivity index (χ0) is 12.1. The van der Waals surface area contributed by atoms with E-state index in [2.05, 4.69) is 11.9 Å². The number of carbonyl (C=O) groups is 1.